The first-order chi connectivity index (χ1) is 14.1. The Balaban J connectivity index is 0.00000320. The fraction of sp³-hybridized carbons (Fsp3) is 0.217. The Morgan fingerprint density at radius 1 is 0.967 bits per heavy atom. The van der Waals surface area contributed by atoms with Gasteiger partial charge in [0, 0.05) is 24.0 Å². The molecule has 0 saturated heterocycles. The average molecular weight is 428 g/mol. The lowest BCUT2D eigenvalue weighted by Gasteiger charge is -2.12. The zero-order chi connectivity index (χ0) is 20.5. The van der Waals surface area contributed by atoms with Crippen LogP contribution in [0.15, 0.2) is 77.6 Å². The minimum atomic E-state index is -0.520. The molecule has 0 radical (unpaired) electrons. The topological polar surface area (TPSA) is 94.2 Å². The molecule has 6 nitrogen and oxygen atoms in total. The van der Waals surface area contributed by atoms with Gasteiger partial charge in [0.15, 0.2) is 0 Å². The maximum Gasteiger partial charge on any atom is 0.248 e. The van der Waals surface area contributed by atoms with Crippen LogP contribution in [0.1, 0.15) is 22.9 Å². The number of aromatic amines is 1. The number of nitrogens with one attached hydrogen (secondary N) is 3. The van der Waals surface area contributed by atoms with Crippen LogP contribution < -0.4 is 16.2 Å². The number of benzene rings is 2. The van der Waals surface area contributed by atoms with Gasteiger partial charge in [-0.15, -0.1) is 12.4 Å². The van der Waals surface area contributed by atoms with E-state index < -0.39 is 6.10 Å². The number of amides is 1. The Bertz CT molecular complexity index is 975. The van der Waals surface area contributed by atoms with Crippen LogP contribution in [0.25, 0.3) is 0 Å². The van der Waals surface area contributed by atoms with E-state index in [1.807, 2.05) is 54.6 Å². The van der Waals surface area contributed by atoms with Crippen molar-refractivity contribution in [1.82, 2.24) is 10.3 Å². The van der Waals surface area contributed by atoms with Crippen LogP contribution in [0, 0.1) is 0 Å². The lowest BCUT2D eigenvalue weighted by atomic mass is 10.1. The average Bonchev–Trinajstić information content (AvgIpc) is 2.73. The summed E-state index contributed by atoms with van der Waals surface area (Å²) in [6, 6.07) is 22.0. The molecule has 1 heterocycles. The van der Waals surface area contributed by atoms with Crippen LogP contribution in [0.2, 0.25) is 0 Å². The molecule has 0 saturated carbocycles. The fourth-order valence-corrected chi connectivity index (χ4v) is 2.99. The van der Waals surface area contributed by atoms with E-state index in [0.29, 0.717) is 17.9 Å². The predicted molar refractivity (Wildman–Crippen MR) is 121 cm³/mol. The molecule has 3 aromatic rings. The molecule has 1 amide bonds. The van der Waals surface area contributed by atoms with Gasteiger partial charge in [-0.25, -0.2) is 0 Å². The molecule has 0 aliphatic heterocycles. The summed E-state index contributed by atoms with van der Waals surface area (Å²) in [7, 11) is 0. The van der Waals surface area contributed by atoms with Crippen molar-refractivity contribution >= 4 is 24.0 Å². The van der Waals surface area contributed by atoms with Crippen LogP contribution >= 0.6 is 12.4 Å². The van der Waals surface area contributed by atoms with Crippen molar-refractivity contribution in [3.05, 3.63) is 100.0 Å². The first-order valence-corrected chi connectivity index (χ1v) is 9.61. The van der Waals surface area contributed by atoms with Gasteiger partial charge >= 0.3 is 0 Å². The van der Waals surface area contributed by atoms with E-state index in [2.05, 4.69) is 15.6 Å². The van der Waals surface area contributed by atoms with Gasteiger partial charge in [-0.3, -0.25) is 9.59 Å². The van der Waals surface area contributed by atoms with Crippen molar-refractivity contribution in [3.63, 3.8) is 0 Å². The number of hydrogen-bond acceptors (Lipinski definition) is 4. The number of pyridine rings is 1. The third-order valence-electron chi connectivity index (χ3n) is 4.53. The number of carbonyl (C=O) groups excluding carboxylic acids is 1. The molecule has 0 unspecified atom stereocenters. The molecule has 1 atom stereocenters. The van der Waals surface area contributed by atoms with E-state index in [1.54, 1.807) is 12.1 Å². The highest BCUT2D eigenvalue weighted by molar-refractivity contribution is 5.92. The van der Waals surface area contributed by atoms with Gasteiger partial charge in [-0.1, -0.05) is 48.5 Å². The molecule has 0 aliphatic rings. The first-order valence-electron chi connectivity index (χ1n) is 9.61. The van der Waals surface area contributed by atoms with Gasteiger partial charge < -0.3 is 20.7 Å². The molecule has 3 rings (SSSR count). The molecule has 158 valence electrons. The van der Waals surface area contributed by atoms with E-state index in [1.165, 1.54) is 6.07 Å². The second kappa shape index (κ2) is 11.9. The van der Waals surface area contributed by atoms with Gasteiger partial charge in [0.2, 0.25) is 11.5 Å². The number of anilines is 1. The molecular weight excluding hydrogens is 402 g/mol. The number of hydrogen-bond donors (Lipinski definition) is 4. The maximum atomic E-state index is 12.1. The highest BCUT2D eigenvalue weighted by Gasteiger charge is 2.07. The summed E-state index contributed by atoms with van der Waals surface area (Å²) in [5.74, 6) is -0.184. The third-order valence-corrected chi connectivity index (χ3v) is 4.53. The molecule has 0 bridgehead atoms. The maximum absolute atomic E-state index is 12.1. The van der Waals surface area contributed by atoms with Gasteiger partial charge in [-0.05, 0) is 42.3 Å². The van der Waals surface area contributed by atoms with E-state index in [9.17, 15) is 14.7 Å². The SMILES string of the molecule is Cl.O=C(Cc1cccc(=O)[nH]1)Nc1ccc(CCNC[C@H](O)c2ccccc2)cc1. The van der Waals surface area contributed by atoms with Gasteiger partial charge in [0.05, 0.1) is 12.5 Å². The van der Waals surface area contributed by atoms with Crippen molar-refractivity contribution in [1.29, 1.82) is 0 Å². The van der Waals surface area contributed by atoms with Gasteiger partial charge in [-0.2, -0.15) is 0 Å². The second-order valence-corrected chi connectivity index (χ2v) is 6.84. The lowest BCUT2D eigenvalue weighted by Crippen LogP contribution is -2.23. The molecule has 30 heavy (non-hydrogen) atoms. The standard InChI is InChI=1S/C23H25N3O3.ClH/c27-21(18-5-2-1-3-6-18)16-24-14-13-17-9-11-19(12-10-17)25-23(29)15-20-7-4-8-22(28)26-20;/h1-12,21,24,27H,13-16H2,(H,25,29)(H,26,28);1H/t21-;/m0./s1. The fourth-order valence-electron chi connectivity index (χ4n) is 2.99. The minimum absolute atomic E-state index is 0. The molecule has 0 aliphatic carbocycles. The summed E-state index contributed by atoms with van der Waals surface area (Å²) < 4.78 is 0. The summed E-state index contributed by atoms with van der Waals surface area (Å²) in [4.78, 5) is 26.0. The van der Waals surface area contributed by atoms with E-state index in [4.69, 9.17) is 0 Å². The van der Waals surface area contributed by atoms with Crippen molar-refractivity contribution in [2.24, 2.45) is 0 Å². The summed E-state index contributed by atoms with van der Waals surface area (Å²) in [6.07, 6.45) is 0.417. The lowest BCUT2D eigenvalue weighted by molar-refractivity contribution is -0.115. The summed E-state index contributed by atoms with van der Waals surface area (Å²) in [5, 5.41) is 16.2. The van der Waals surface area contributed by atoms with Crippen LogP contribution in [0.3, 0.4) is 0 Å². The molecule has 4 N–H and O–H groups in total. The van der Waals surface area contributed by atoms with E-state index in [-0.39, 0.29) is 30.3 Å². The summed E-state index contributed by atoms with van der Waals surface area (Å²) >= 11 is 0. The number of aliphatic hydroxyl groups is 1. The zero-order valence-electron chi connectivity index (χ0n) is 16.5. The third kappa shape index (κ3) is 7.48. The Morgan fingerprint density at radius 3 is 2.40 bits per heavy atom. The van der Waals surface area contributed by atoms with Crippen molar-refractivity contribution in [2.75, 3.05) is 18.4 Å². The van der Waals surface area contributed by atoms with Gasteiger partial charge in [0.1, 0.15) is 0 Å². The number of carbonyl (C=O) groups is 1. The van der Waals surface area contributed by atoms with E-state index in [0.717, 1.165) is 24.1 Å². The van der Waals surface area contributed by atoms with Crippen LogP contribution in [0.5, 0.6) is 0 Å². The van der Waals surface area contributed by atoms with Crippen molar-refractivity contribution in [2.45, 2.75) is 18.9 Å². The normalized spacial score (nSPS) is 11.4. The molecular formula is C23H26ClN3O3. The number of H-pyrrole nitrogens is 1. The highest BCUT2D eigenvalue weighted by Crippen LogP contribution is 2.12. The minimum Gasteiger partial charge on any atom is -0.387 e. The van der Waals surface area contributed by atoms with Crippen molar-refractivity contribution < 1.29 is 9.90 Å². The highest BCUT2D eigenvalue weighted by atomic mass is 35.5. The second-order valence-electron chi connectivity index (χ2n) is 6.84. The van der Waals surface area contributed by atoms with E-state index >= 15 is 0 Å². The Morgan fingerprint density at radius 2 is 1.70 bits per heavy atom. The quantitative estimate of drug-likeness (QED) is 0.395. The molecule has 2 aromatic carbocycles. The number of halogens is 1. The number of aromatic nitrogens is 1. The van der Waals surface area contributed by atoms with Gasteiger partial charge in [0.25, 0.3) is 0 Å². The van der Waals surface area contributed by atoms with Crippen LogP contribution in [-0.2, 0) is 17.6 Å². The molecule has 1 aromatic heterocycles. The molecule has 0 fully saturated rings. The van der Waals surface area contributed by atoms with Crippen LogP contribution in [0.4, 0.5) is 5.69 Å². The Kier molecular flexibility index (Phi) is 9.28. The Labute approximate surface area is 181 Å². The Hall–Kier alpha value is -2.93. The summed E-state index contributed by atoms with van der Waals surface area (Å²) in [6.45, 7) is 1.25. The monoisotopic (exact) mass is 427 g/mol. The number of rotatable bonds is 9. The largest absolute Gasteiger partial charge is 0.387 e. The predicted octanol–water partition coefficient (Wildman–Crippen LogP) is 2.84. The zero-order valence-corrected chi connectivity index (χ0v) is 17.3. The smallest absolute Gasteiger partial charge is 0.248 e. The molecule has 0 spiro atoms. The van der Waals surface area contributed by atoms with Crippen LogP contribution in [-0.4, -0.2) is 29.1 Å². The van der Waals surface area contributed by atoms with Crippen molar-refractivity contribution in [3.8, 4) is 0 Å². The number of aliphatic hydroxyl groups excluding tert-OH is 1. The summed E-state index contributed by atoms with van der Waals surface area (Å²) in [5.41, 5.74) is 3.11. The molecule has 7 heteroatoms. The first kappa shape index (κ1) is 23.3.